The first-order valence-corrected chi connectivity index (χ1v) is 5.46. The van der Waals surface area contributed by atoms with E-state index in [0.717, 1.165) is 19.4 Å². The molecule has 0 saturated carbocycles. The second-order valence-electron chi connectivity index (χ2n) is 3.06. The Morgan fingerprint density at radius 1 is 0.733 bits per heavy atom. The fourth-order valence-corrected chi connectivity index (χ4v) is 0.895. The molecule has 5 heteroatoms. The number of hydrogen-bond donors (Lipinski definition) is 1. The molecule has 0 aliphatic rings. The summed E-state index contributed by atoms with van der Waals surface area (Å²) in [6.07, 6.45) is 2.28. The molecule has 0 aliphatic heterocycles. The minimum Gasteiger partial charge on any atom is -0.379 e. The molecule has 0 aromatic heterocycles. The van der Waals surface area contributed by atoms with E-state index in [9.17, 15) is 0 Å². The molecule has 0 aromatic rings. The van der Waals surface area contributed by atoms with Crippen LogP contribution in [0.4, 0.5) is 0 Å². The standard InChI is InChI=1S/C10H23NO4/c1-2-3-4-12-5-6-13-7-8-14-9-10-15-11/h2-11H2,1H3. The van der Waals surface area contributed by atoms with Gasteiger partial charge in [-0.05, 0) is 6.42 Å². The Morgan fingerprint density at radius 2 is 1.20 bits per heavy atom. The molecule has 0 amide bonds. The molecule has 0 fully saturated rings. The van der Waals surface area contributed by atoms with Gasteiger partial charge in [-0.2, -0.15) is 0 Å². The molecule has 0 spiro atoms. The van der Waals surface area contributed by atoms with Crippen LogP contribution in [0, 0.1) is 0 Å². The van der Waals surface area contributed by atoms with Gasteiger partial charge < -0.3 is 19.0 Å². The van der Waals surface area contributed by atoms with Crippen molar-refractivity contribution in [2.75, 3.05) is 46.2 Å². The van der Waals surface area contributed by atoms with Crippen LogP contribution in [0.15, 0.2) is 0 Å². The molecule has 92 valence electrons. The van der Waals surface area contributed by atoms with E-state index in [2.05, 4.69) is 11.8 Å². The highest BCUT2D eigenvalue weighted by molar-refractivity contribution is 4.35. The zero-order valence-corrected chi connectivity index (χ0v) is 9.57. The van der Waals surface area contributed by atoms with Crippen LogP contribution >= 0.6 is 0 Å². The van der Waals surface area contributed by atoms with E-state index in [-0.39, 0.29) is 0 Å². The van der Waals surface area contributed by atoms with Gasteiger partial charge >= 0.3 is 0 Å². The van der Waals surface area contributed by atoms with Gasteiger partial charge in [0.05, 0.1) is 39.6 Å². The zero-order valence-electron chi connectivity index (χ0n) is 9.57. The van der Waals surface area contributed by atoms with Gasteiger partial charge in [-0.3, -0.25) is 0 Å². The first kappa shape index (κ1) is 14.8. The Kier molecular flexibility index (Phi) is 13.6. The van der Waals surface area contributed by atoms with Crippen molar-refractivity contribution >= 4 is 0 Å². The van der Waals surface area contributed by atoms with Crippen molar-refractivity contribution in [2.45, 2.75) is 19.8 Å². The van der Waals surface area contributed by atoms with Crippen molar-refractivity contribution < 1.29 is 19.0 Å². The van der Waals surface area contributed by atoms with Crippen LogP contribution in [-0.2, 0) is 19.0 Å². The summed E-state index contributed by atoms with van der Waals surface area (Å²) in [5, 5.41) is 0. The average Bonchev–Trinajstić information content (AvgIpc) is 2.26. The van der Waals surface area contributed by atoms with Gasteiger partial charge in [0.25, 0.3) is 0 Å². The van der Waals surface area contributed by atoms with E-state index < -0.39 is 0 Å². The molecule has 0 unspecified atom stereocenters. The minimum absolute atomic E-state index is 0.417. The highest BCUT2D eigenvalue weighted by atomic mass is 16.6. The smallest absolute Gasteiger partial charge is 0.0913 e. The molecule has 0 atom stereocenters. The summed E-state index contributed by atoms with van der Waals surface area (Å²) in [5.41, 5.74) is 0. The SMILES string of the molecule is CCCCOCCOCCOCCON. The van der Waals surface area contributed by atoms with Gasteiger partial charge in [-0.1, -0.05) is 13.3 Å². The molecule has 15 heavy (non-hydrogen) atoms. The molecule has 0 aliphatic carbocycles. The second-order valence-corrected chi connectivity index (χ2v) is 3.06. The maximum absolute atomic E-state index is 5.32. The summed E-state index contributed by atoms with van der Waals surface area (Å²) in [5.74, 6) is 4.82. The Balaban J connectivity index is 2.81. The summed E-state index contributed by atoms with van der Waals surface area (Å²) in [4.78, 5) is 4.34. The fraction of sp³-hybridized carbons (Fsp3) is 1.00. The highest BCUT2D eigenvalue weighted by Crippen LogP contribution is 1.87. The normalized spacial score (nSPS) is 10.8. The van der Waals surface area contributed by atoms with Crippen LogP contribution in [0.1, 0.15) is 19.8 Å². The van der Waals surface area contributed by atoms with E-state index >= 15 is 0 Å². The largest absolute Gasteiger partial charge is 0.379 e. The summed E-state index contributed by atoms with van der Waals surface area (Å²) in [6.45, 7) is 6.33. The summed E-state index contributed by atoms with van der Waals surface area (Å²) in [7, 11) is 0. The molecule has 0 rings (SSSR count). The first-order chi connectivity index (χ1) is 7.41. The third-order valence-electron chi connectivity index (χ3n) is 1.73. The van der Waals surface area contributed by atoms with E-state index in [1.807, 2.05) is 0 Å². The summed E-state index contributed by atoms with van der Waals surface area (Å²) >= 11 is 0. The number of rotatable bonds is 12. The van der Waals surface area contributed by atoms with Gasteiger partial charge in [-0.25, -0.2) is 5.90 Å². The van der Waals surface area contributed by atoms with Gasteiger partial charge in [0.2, 0.25) is 0 Å². The van der Waals surface area contributed by atoms with Gasteiger partial charge in [-0.15, -0.1) is 0 Å². The number of ether oxygens (including phenoxy) is 3. The van der Waals surface area contributed by atoms with E-state index in [0.29, 0.717) is 39.6 Å². The van der Waals surface area contributed by atoms with Crippen LogP contribution in [0.25, 0.3) is 0 Å². The van der Waals surface area contributed by atoms with Crippen molar-refractivity contribution in [2.24, 2.45) is 5.90 Å². The van der Waals surface area contributed by atoms with Crippen LogP contribution in [0.2, 0.25) is 0 Å². The van der Waals surface area contributed by atoms with Crippen LogP contribution in [0.5, 0.6) is 0 Å². The number of hydrogen-bond acceptors (Lipinski definition) is 5. The monoisotopic (exact) mass is 221 g/mol. The fourth-order valence-electron chi connectivity index (χ4n) is 0.895. The number of unbranched alkanes of at least 4 members (excludes halogenated alkanes) is 1. The lowest BCUT2D eigenvalue weighted by Crippen LogP contribution is -2.13. The molecule has 0 heterocycles. The van der Waals surface area contributed by atoms with Crippen molar-refractivity contribution in [3.63, 3.8) is 0 Å². The van der Waals surface area contributed by atoms with Crippen molar-refractivity contribution in [1.82, 2.24) is 0 Å². The summed E-state index contributed by atoms with van der Waals surface area (Å²) < 4.78 is 15.7. The summed E-state index contributed by atoms with van der Waals surface area (Å²) in [6, 6.07) is 0. The predicted molar refractivity (Wildman–Crippen MR) is 57.5 cm³/mol. The predicted octanol–water partition coefficient (Wildman–Crippen LogP) is 0.727. The Labute approximate surface area is 91.8 Å². The van der Waals surface area contributed by atoms with Crippen molar-refractivity contribution in [1.29, 1.82) is 0 Å². The molecule has 0 saturated heterocycles. The minimum atomic E-state index is 0.417. The maximum atomic E-state index is 5.32. The van der Waals surface area contributed by atoms with E-state index in [1.165, 1.54) is 0 Å². The Hall–Kier alpha value is -0.200. The quantitative estimate of drug-likeness (QED) is 0.389. The van der Waals surface area contributed by atoms with Crippen molar-refractivity contribution in [3.8, 4) is 0 Å². The van der Waals surface area contributed by atoms with Gasteiger partial charge in [0, 0.05) is 6.61 Å². The van der Waals surface area contributed by atoms with Crippen LogP contribution in [-0.4, -0.2) is 46.2 Å². The third kappa shape index (κ3) is 13.8. The maximum Gasteiger partial charge on any atom is 0.0913 e. The van der Waals surface area contributed by atoms with E-state index in [1.54, 1.807) is 0 Å². The molecule has 0 bridgehead atoms. The molecule has 0 radical (unpaired) electrons. The molecule has 5 nitrogen and oxygen atoms in total. The highest BCUT2D eigenvalue weighted by Gasteiger charge is 1.91. The van der Waals surface area contributed by atoms with Crippen molar-refractivity contribution in [3.05, 3.63) is 0 Å². The third-order valence-corrected chi connectivity index (χ3v) is 1.73. The lowest BCUT2D eigenvalue weighted by atomic mass is 10.4. The molecular weight excluding hydrogens is 198 g/mol. The van der Waals surface area contributed by atoms with Gasteiger partial charge in [0.15, 0.2) is 0 Å². The van der Waals surface area contributed by atoms with Gasteiger partial charge in [0.1, 0.15) is 0 Å². The molecular formula is C10H23NO4. The topological polar surface area (TPSA) is 62.9 Å². The lowest BCUT2D eigenvalue weighted by Gasteiger charge is -2.05. The second kappa shape index (κ2) is 13.8. The lowest BCUT2D eigenvalue weighted by molar-refractivity contribution is -0.00226. The molecule has 2 N–H and O–H groups in total. The average molecular weight is 221 g/mol. The number of nitrogens with two attached hydrogens (primary N) is 1. The zero-order chi connectivity index (χ0) is 11.2. The Bertz CT molecular complexity index is 102. The molecule has 0 aromatic carbocycles. The van der Waals surface area contributed by atoms with Crippen LogP contribution < -0.4 is 5.90 Å². The first-order valence-electron chi connectivity index (χ1n) is 5.46. The van der Waals surface area contributed by atoms with Crippen LogP contribution in [0.3, 0.4) is 0 Å². The van der Waals surface area contributed by atoms with E-state index in [4.69, 9.17) is 20.1 Å². The Morgan fingerprint density at radius 3 is 1.67 bits per heavy atom.